The molecule has 0 saturated heterocycles. The van der Waals surface area contributed by atoms with Crippen molar-refractivity contribution < 1.29 is 4.79 Å². The van der Waals surface area contributed by atoms with Gasteiger partial charge < -0.3 is 9.88 Å². The molecule has 22 heavy (non-hydrogen) atoms. The van der Waals surface area contributed by atoms with Crippen molar-refractivity contribution in [2.75, 3.05) is 4.90 Å². The molecule has 0 saturated carbocycles. The SMILES string of the molecule is CC1Cc2ccccc2N1C(=O)Cc1c[nH]c2ccccc12. The van der Waals surface area contributed by atoms with Crippen LogP contribution in [0.1, 0.15) is 18.1 Å². The van der Waals surface area contributed by atoms with E-state index >= 15 is 0 Å². The quantitative estimate of drug-likeness (QED) is 0.767. The highest BCUT2D eigenvalue weighted by atomic mass is 16.2. The molecule has 1 aliphatic heterocycles. The maximum atomic E-state index is 12.8. The summed E-state index contributed by atoms with van der Waals surface area (Å²) in [5.41, 5.74) is 4.49. The lowest BCUT2D eigenvalue weighted by molar-refractivity contribution is -0.118. The molecule has 4 rings (SSSR count). The number of hydrogen-bond donors (Lipinski definition) is 1. The highest BCUT2D eigenvalue weighted by molar-refractivity contribution is 5.99. The molecular weight excluding hydrogens is 272 g/mol. The molecule has 1 amide bonds. The van der Waals surface area contributed by atoms with Crippen LogP contribution in [0.15, 0.2) is 54.7 Å². The van der Waals surface area contributed by atoms with Crippen molar-refractivity contribution in [3.8, 4) is 0 Å². The molecule has 1 aromatic heterocycles. The topological polar surface area (TPSA) is 36.1 Å². The van der Waals surface area contributed by atoms with E-state index in [1.54, 1.807) is 0 Å². The molecule has 1 aliphatic rings. The van der Waals surface area contributed by atoms with E-state index in [-0.39, 0.29) is 11.9 Å². The van der Waals surface area contributed by atoms with E-state index in [1.165, 1.54) is 5.56 Å². The number of anilines is 1. The van der Waals surface area contributed by atoms with Crippen LogP contribution in [0.5, 0.6) is 0 Å². The Labute approximate surface area is 129 Å². The van der Waals surface area contributed by atoms with Gasteiger partial charge in [-0.3, -0.25) is 4.79 Å². The molecule has 2 aromatic carbocycles. The summed E-state index contributed by atoms with van der Waals surface area (Å²) in [6.07, 6.45) is 3.33. The second-order valence-corrected chi connectivity index (χ2v) is 5.98. The fraction of sp³-hybridized carbons (Fsp3) is 0.211. The van der Waals surface area contributed by atoms with Crippen LogP contribution >= 0.6 is 0 Å². The molecule has 0 bridgehead atoms. The summed E-state index contributed by atoms with van der Waals surface area (Å²) in [7, 11) is 0. The number of para-hydroxylation sites is 2. The molecule has 110 valence electrons. The van der Waals surface area contributed by atoms with E-state index in [0.717, 1.165) is 28.6 Å². The van der Waals surface area contributed by atoms with E-state index < -0.39 is 0 Å². The maximum Gasteiger partial charge on any atom is 0.231 e. The van der Waals surface area contributed by atoms with E-state index in [0.29, 0.717) is 6.42 Å². The van der Waals surface area contributed by atoms with Gasteiger partial charge in [-0.25, -0.2) is 0 Å². The minimum Gasteiger partial charge on any atom is -0.361 e. The lowest BCUT2D eigenvalue weighted by Gasteiger charge is -2.22. The summed E-state index contributed by atoms with van der Waals surface area (Å²) in [6.45, 7) is 2.12. The number of nitrogens with one attached hydrogen (secondary N) is 1. The van der Waals surface area contributed by atoms with Crippen LogP contribution in [0.25, 0.3) is 10.9 Å². The van der Waals surface area contributed by atoms with Crippen LogP contribution in [0, 0.1) is 0 Å². The van der Waals surface area contributed by atoms with Gasteiger partial charge in [0.1, 0.15) is 0 Å². The molecule has 3 aromatic rings. The number of benzene rings is 2. The van der Waals surface area contributed by atoms with E-state index in [2.05, 4.69) is 24.0 Å². The van der Waals surface area contributed by atoms with Crippen molar-refractivity contribution in [1.29, 1.82) is 0 Å². The van der Waals surface area contributed by atoms with Gasteiger partial charge in [-0.15, -0.1) is 0 Å². The zero-order valence-electron chi connectivity index (χ0n) is 12.5. The zero-order valence-corrected chi connectivity index (χ0v) is 12.5. The first-order valence-corrected chi connectivity index (χ1v) is 7.69. The van der Waals surface area contributed by atoms with Crippen molar-refractivity contribution in [1.82, 2.24) is 4.98 Å². The van der Waals surface area contributed by atoms with Crippen LogP contribution in [-0.2, 0) is 17.6 Å². The summed E-state index contributed by atoms with van der Waals surface area (Å²) >= 11 is 0. The van der Waals surface area contributed by atoms with Gasteiger partial charge in [-0.1, -0.05) is 36.4 Å². The van der Waals surface area contributed by atoms with Crippen LogP contribution < -0.4 is 4.90 Å². The van der Waals surface area contributed by atoms with Crippen LogP contribution in [0.3, 0.4) is 0 Å². The first kappa shape index (κ1) is 13.1. The van der Waals surface area contributed by atoms with Gasteiger partial charge >= 0.3 is 0 Å². The Kier molecular flexibility index (Phi) is 3.00. The Morgan fingerprint density at radius 2 is 1.95 bits per heavy atom. The molecule has 0 spiro atoms. The number of rotatable bonds is 2. The van der Waals surface area contributed by atoms with Crippen molar-refractivity contribution in [3.63, 3.8) is 0 Å². The Bertz CT molecular complexity index is 849. The van der Waals surface area contributed by atoms with Gasteiger partial charge in [-0.2, -0.15) is 0 Å². The fourth-order valence-corrected chi connectivity index (χ4v) is 3.47. The number of hydrogen-bond acceptors (Lipinski definition) is 1. The standard InChI is InChI=1S/C19H18N2O/c1-13-10-14-6-2-5-9-18(14)21(13)19(22)11-15-12-20-17-8-4-3-7-16(15)17/h2-9,12-13,20H,10-11H2,1H3. The summed E-state index contributed by atoms with van der Waals surface area (Å²) in [6, 6.07) is 16.6. The highest BCUT2D eigenvalue weighted by Crippen LogP contribution is 2.32. The van der Waals surface area contributed by atoms with Crippen molar-refractivity contribution in [2.24, 2.45) is 0 Å². The number of carbonyl (C=O) groups excluding carboxylic acids is 1. The van der Waals surface area contributed by atoms with E-state index in [1.807, 2.05) is 47.5 Å². The first-order chi connectivity index (χ1) is 10.7. The third-order valence-corrected chi connectivity index (χ3v) is 4.49. The monoisotopic (exact) mass is 290 g/mol. The molecule has 0 fully saturated rings. The normalized spacial score (nSPS) is 17.0. The number of nitrogens with zero attached hydrogens (tertiary/aromatic N) is 1. The maximum absolute atomic E-state index is 12.8. The van der Waals surface area contributed by atoms with Gasteiger partial charge in [0.15, 0.2) is 0 Å². The molecular formula is C19H18N2O. The minimum atomic E-state index is 0.169. The lowest BCUT2D eigenvalue weighted by Crippen LogP contribution is -2.36. The third kappa shape index (κ3) is 2.01. The summed E-state index contributed by atoms with van der Waals surface area (Å²) in [5, 5.41) is 1.14. The van der Waals surface area contributed by atoms with Gasteiger partial charge in [0, 0.05) is 28.8 Å². The summed E-state index contributed by atoms with van der Waals surface area (Å²) in [4.78, 5) is 18.0. The number of H-pyrrole nitrogens is 1. The van der Waals surface area contributed by atoms with Crippen molar-refractivity contribution in [2.45, 2.75) is 25.8 Å². The molecule has 0 radical (unpaired) electrons. The number of amides is 1. The smallest absolute Gasteiger partial charge is 0.231 e. The molecule has 1 unspecified atom stereocenters. The Balaban J connectivity index is 1.65. The largest absolute Gasteiger partial charge is 0.361 e. The second kappa shape index (κ2) is 5.02. The Hall–Kier alpha value is -2.55. The van der Waals surface area contributed by atoms with Gasteiger partial charge in [0.2, 0.25) is 5.91 Å². The third-order valence-electron chi connectivity index (χ3n) is 4.49. The number of carbonyl (C=O) groups is 1. The molecule has 3 nitrogen and oxygen atoms in total. The Morgan fingerprint density at radius 3 is 2.86 bits per heavy atom. The number of fused-ring (bicyclic) bond motifs is 2. The van der Waals surface area contributed by atoms with Gasteiger partial charge in [0.05, 0.1) is 6.42 Å². The van der Waals surface area contributed by atoms with E-state index in [4.69, 9.17) is 0 Å². The highest BCUT2D eigenvalue weighted by Gasteiger charge is 2.30. The van der Waals surface area contributed by atoms with E-state index in [9.17, 15) is 4.79 Å². The molecule has 3 heteroatoms. The Morgan fingerprint density at radius 1 is 1.18 bits per heavy atom. The molecule has 1 atom stereocenters. The van der Waals surface area contributed by atoms with Crippen LogP contribution in [-0.4, -0.2) is 16.9 Å². The lowest BCUT2D eigenvalue weighted by atomic mass is 10.1. The van der Waals surface area contributed by atoms with Gasteiger partial charge in [-0.05, 0) is 36.6 Å². The molecule has 2 heterocycles. The first-order valence-electron chi connectivity index (χ1n) is 7.69. The van der Waals surface area contributed by atoms with Crippen molar-refractivity contribution >= 4 is 22.5 Å². The predicted molar refractivity (Wildman–Crippen MR) is 89.1 cm³/mol. The molecule has 0 aliphatic carbocycles. The molecule has 1 N–H and O–H groups in total. The average Bonchev–Trinajstić information content (AvgIpc) is 3.07. The zero-order chi connectivity index (χ0) is 15.1. The van der Waals surface area contributed by atoms with Crippen LogP contribution in [0.4, 0.5) is 5.69 Å². The number of aromatic nitrogens is 1. The second-order valence-electron chi connectivity index (χ2n) is 5.98. The minimum absolute atomic E-state index is 0.169. The predicted octanol–water partition coefficient (Wildman–Crippen LogP) is 3.69. The van der Waals surface area contributed by atoms with Crippen molar-refractivity contribution in [3.05, 3.63) is 65.9 Å². The summed E-state index contributed by atoms with van der Waals surface area (Å²) in [5.74, 6) is 0.169. The fourth-order valence-electron chi connectivity index (χ4n) is 3.47. The number of aromatic amines is 1. The average molecular weight is 290 g/mol. The summed E-state index contributed by atoms with van der Waals surface area (Å²) < 4.78 is 0. The van der Waals surface area contributed by atoms with Gasteiger partial charge in [0.25, 0.3) is 0 Å². The van der Waals surface area contributed by atoms with Crippen LogP contribution in [0.2, 0.25) is 0 Å².